The number of hydrogen-bond acceptors (Lipinski definition) is 9. The van der Waals surface area contributed by atoms with Gasteiger partial charge < -0.3 is 24.4 Å². The van der Waals surface area contributed by atoms with E-state index in [0.717, 1.165) is 9.58 Å². The first kappa shape index (κ1) is 27.8. The molecule has 4 heterocycles. The maximum absolute atomic E-state index is 14.8. The summed E-state index contributed by atoms with van der Waals surface area (Å²) in [6.45, 7) is 2.73. The summed E-state index contributed by atoms with van der Waals surface area (Å²) in [5, 5.41) is 6.45. The van der Waals surface area contributed by atoms with Crippen LogP contribution in [0.15, 0.2) is 54.9 Å². The first-order valence-electron chi connectivity index (χ1n) is 13.5. The minimum Gasteiger partial charge on any atom is -0.486 e. The fraction of sp³-hybridized carbons (Fsp3) is 0.300. The number of thiophene rings is 1. The largest absolute Gasteiger partial charge is 0.486 e. The van der Waals surface area contributed by atoms with Crippen molar-refractivity contribution in [1.29, 1.82) is 0 Å². The lowest BCUT2D eigenvalue weighted by molar-refractivity contribution is 0.0156. The molecule has 0 saturated carbocycles. The molecule has 0 bridgehead atoms. The fourth-order valence-electron chi connectivity index (χ4n) is 4.65. The van der Waals surface area contributed by atoms with Crippen LogP contribution in [-0.2, 0) is 16.1 Å². The van der Waals surface area contributed by atoms with Gasteiger partial charge in [0.15, 0.2) is 17.4 Å². The van der Waals surface area contributed by atoms with Gasteiger partial charge >= 0.3 is 6.09 Å². The van der Waals surface area contributed by atoms with Crippen molar-refractivity contribution in [2.45, 2.75) is 25.2 Å². The molecule has 216 valence electrons. The monoisotopic (exact) mass is 591 g/mol. The van der Waals surface area contributed by atoms with Crippen molar-refractivity contribution in [2.75, 3.05) is 38.2 Å². The first-order chi connectivity index (χ1) is 20.5. The zero-order chi connectivity index (χ0) is 28.9. The van der Waals surface area contributed by atoms with E-state index >= 15 is 0 Å². The van der Waals surface area contributed by atoms with E-state index in [0.29, 0.717) is 61.9 Å². The maximum Gasteiger partial charge on any atom is 0.410 e. The number of rotatable bonds is 6. The predicted molar refractivity (Wildman–Crippen MR) is 154 cm³/mol. The van der Waals surface area contributed by atoms with Gasteiger partial charge in [0.25, 0.3) is 0 Å². The number of fused-ring (bicyclic) bond motifs is 1. The number of nitrogens with one attached hydrogen (secondary N) is 2. The summed E-state index contributed by atoms with van der Waals surface area (Å²) in [6.07, 6.45) is 1.50. The number of nitrogens with zero attached hydrogens (tertiary/aromatic N) is 3. The highest BCUT2D eigenvalue weighted by molar-refractivity contribution is 7.20. The predicted octanol–water partition coefficient (Wildman–Crippen LogP) is 4.84. The number of hydrogen-bond donors (Lipinski definition) is 2. The quantitative estimate of drug-likeness (QED) is 0.308. The summed E-state index contributed by atoms with van der Waals surface area (Å²) in [7, 11) is 0. The third kappa shape index (κ3) is 6.76. The maximum atomic E-state index is 14.8. The minimum absolute atomic E-state index is 0.0453. The van der Waals surface area contributed by atoms with Crippen molar-refractivity contribution >= 4 is 39.2 Å². The van der Waals surface area contributed by atoms with Crippen LogP contribution >= 0.6 is 11.3 Å². The number of anilines is 2. The molecule has 12 heteroatoms. The molecule has 1 amide bonds. The Morgan fingerprint density at radius 1 is 1.17 bits per heavy atom. The molecule has 2 N–H and O–H groups in total. The van der Waals surface area contributed by atoms with Crippen LogP contribution in [-0.4, -0.2) is 66.0 Å². The molecule has 4 aromatic rings. The van der Waals surface area contributed by atoms with Gasteiger partial charge in [-0.05, 0) is 35.9 Å². The summed E-state index contributed by atoms with van der Waals surface area (Å²) in [6, 6.07) is 12.3. The zero-order valence-electron chi connectivity index (χ0n) is 22.4. The van der Waals surface area contributed by atoms with Crippen LogP contribution in [0.4, 0.5) is 25.1 Å². The van der Waals surface area contributed by atoms with Gasteiger partial charge in [-0.15, -0.1) is 11.3 Å². The van der Waals surface area contributed by atoms with Gasteiger partial charge in [-0.1, -0.05) is 24.0 Å². The van der Waals surface area contributed by atoms with Gasteiger partial charge in [-0.3, -0.25) is 5.32 Å². The van der Waals surface area contributed by atoms with E-state index in [9.17, 15) is 13.6 Å². The van der Waals surface area contributed by atoms with Gasteiger partial charge in [-0.25, -0.2) is 23.5 Å². The summed E-state index contributed by atoms with van der Waals surface area (Å²) in [4.78, 5) is 23.5. The molecule has 2 aromatic heterocycles. The Bertz CT molecular complexity index is 1650. The molecule has 6 rings (SSSR count). The van der Waals surface area contributed by atoms with E-state index in [2.05, 4.69) is 32.4 Å². The molecule has 0 radical (unpaired) electrons. The Kier molecular flexibility index (Phi) is 8.41. The Labute approximate surface area is 244 Å². The Balaban J connectivity index is 1.07. The topological polar surface area (TPSA) is 97.8 Å². The summed E-state index contributed by atoms with van der Waals surface area (Å²) in [5.41, 5.74) is 1.81. The SMILES string of the molecule is O=C(OC1CNC(C#Cc2cc3ncnc(Nc4ccc(OCc5cccc(F)c5)c(F)c4)c3s2)C1)N1CCOCC1. The number of benzene rings is 2. The second-order valence-electron chi connectivity index (χ2n) is 9.81. The number of morpholine rings is 1. The van der Waals surface area contributed by atoms with E-state index in [4.69, 9.17) is 14.2 Å². The molecule has 2 aliphatic heterocycles. The van der Waals surface area contributed by atoms with Crippen molar-refractivity contribution in [3.63, 3.8) is 0 Å². The van der Waals surface area contributed by atoms with Gasteiger partial charge in [0.1, 0.15) is 24.9 Å². The number of halogens is 2. The highest BCUT2D eigenvalue weighted by Gasteiger charge is 2.28. The molecule has 2 unspecified atom stereocenters. The van der Waals surface area contributed by atoms with Crippen LogP contribution in [0, 0.1) is 23.5 Å². The van der Waals surface area contributed by atoms with Gasteiger partial charge in [0.2, 0.25) is 0 Å². The van der Waals surface area contributed by atoms with Crippen molar-refractivity contribution in [1.82, 2.24) is 20.2 Å². The van der Waals surface area contributed by atoms with Crippen molar-refractivity contribution in [3.05, 3.63) is 76.9 Å². The van der Waals surface area contributed by atoms with E-state index < -0.39 is 5.82 Å². The number of aromatic nitrogens is 2. The van der Waals surface area contributed by atoms with Gasteiger partial charge in [0.05, 0.1) is 34.3 Å². The van der Waals surface area contributed by atoms with E-state index in [1.807, 2.05) is 6.07 Å². The van der Waals surface area contributed by atoms with E-state index in [-0.39, 0.29) is 36.4 Å². The molecule has 42 heavy (non-hydrogen) atoms. The highest BCUT2D eigenvalue weighted by Crippen LogP contribution is 2.32. The fourth-order valence-corrected chi connectivity index (χ4v) is 5.57. The average Bonchev–Trinajstić information content (AvgIpc) is 3.63. The molecule has 0 spiro atoms. The van der Waals surface area contributed by atoms with Crippen LogP contribution in [0.5, 0.6) is 5.75 Å². The standard InChI is InChI=1S/C30H27F2N5O4S/c31-20-3-1-2-19(12-20)17-40-27-7-5-22(14-25(27)32)36-29-28-26(34-18-35-29)15-24(42-28)6-4-21-13-23(16-33-21)41-30(38)37-8-10-39-11-9-37/h1-3,5,7,12,14-15,18,21,23,33H,8-11,13,16-17H2,(H,34,35,36). The van der Waals surface area contributed by atoms with Crippen molar-refractivity contribution < 1.29 is 27.8 Å². The molecular formula is C30H27F2N5O4S. The van der Waals surface area contributed by atoms with Crippen LogP contribution in [0.2, 0.25) is 0 Å². The number of ether oxygens (including phenoxy) is 3. The molecule has 9 nitrogen and oxygen atoms in total. The average molecular weight is 592 g/mol. The summed E-state index contributed by atoms with van der Waals surface area (Å²) in [5.74, 6) is 6.07. The Morgan fingerprint density at radius 3 is 2.88 bits per heavy atom. The highest BCUT2D eigenvalue weighted by atomic mass is 32.1. The lowest BCUT2D eigenvalue weighted by Gasteiger charge is -2.27. The molecule has 2 aliphatic rings. The summed E-state index contributed by atoms with van der Waals surface area (Å²) >= 11 is 1.43. The number of carbonyl (C=O) groups excluding carboxylic acids is 1. The third-order valence-corrected chi connectivity index (χ3v) is 7.83. The molecule has 2 aromatic carbocycles. The van der Waals surface area contributed by atoms with Crippen LogP contribution in [0.3, 0.4) is 0 Å². The second-order valence-corrected chi connectivity index (χ2v) is 10.9. The zero-order valence-corrected chi connectivity index (χ0v) is 23.3. The van der Waals surface area contributed by atoms with Crippen molar-refractivity contribution in [3.8, 4) is 17.6 Å². The van der Waals surface area contributed by atoms with Crippen LogP contribution < -0.4 is 15.4 Å². The lowest BCUT2D eigenvalue weighted by atomic mass is 10.2. The molecule has 2 atom stereocenters. The smallest absolute Gasteiger partial charge is 0.410 e. The molecule has 2 saturated heterocycles. The first-order valence-corrected chi connectivity index (χ1v) is 14.3. The third-order valence-electron chi connectivity index (χ3n) is 6.79. The van der Waals surface area contributed by atoms with Crippen molar-refractivity contribution in [2.24, 2.45) is 0 Å². The number of carbonyl (C=O) groups is 1. The Morgan fingerprint density at radius 2 is 2.05 bits per heavy atom. The van der Waals surface area contributed by atoms with Gasteiger partial charge in [0, 0.05) is 37.8 Å². The second kappa shape index (κ2) is 12.7. The van der Waals surface area contributed by atoms with Crippen LogP contribution in [0.25, 0.3) is 10.2 Å². The number of amides is 1. The normalized spacial score (nSPS) is 18.4. The van der Waals surface area contributed by atoms with E-state index in [1.165, 1.54) is 41.9 Å². The lowest BCUT2D eigenvalue weighted by Crippen LogP contribution is -2.42. The minimum atomic E-state index is -0.558. The Hall–Kier alpha value is -4.31. The van der Waals surface area contributed by atoms with Crippen LogP contribution in [0.1, 0.15) is 16.9 Å². The molecule has 2 fully saturated rings. The summed E-state index contributed by atoms with van der Waals surface area (Å²) < 4.78 is 45.4. The molecular weight excluding hydrogens is 564 g/mol. The molecule has 0 aliphatic carbocycles. The van der Waals surface area contributed by atoms with E-state index in [1.54, 1.807) is 23.1 Å². The van der Waals surface area contributed by atoms with Gasteiger partial charge in [-0.2, -0.15) is 0 Å².